The number of hydrogen-bond acceptors (Lipinski definition) is 3. The van der Waals surface area contributed by atoms with E-state index in [1.54, 1.807) is 7.11 Å². The zero-order valence-corrected chi connectivity index (χ0v) is 6.91. The summed E-state index contributed by atoms with van der Waals surface area (Å²) in [6.07, 6.45) is 3.61. The van der Waals surface area contributed by atoms with Crippen LogP contribution in [0.5, 0.6) is 0 Å². The highest BCUT2D eigenvalue weighted by Crippen LogP contribution is 2.14. The molecule has 3 heteroatoms. The number of ether oxygens (including phenoxy) is 1. The van der Waals surface area contributed by atoms with Crippen LogP contribution in [0.4, 0.5) is 0 Å². The first kappa shape index (κ1) is 8.27. The van der Waals surface area contributed by atoms with Gasteiger partial charge in [0.25, 0.3) is 0 Å². The maximum absolute atomic E-state index is 10.5. The molecule has 1 unspecified atom stereocenters. The third kappa shape index (κ3) is 1.80. The lowest BCUT2D eigenvalue weighted by Crippen LogP contribution is -2.29. The van der Waals surface area contributed by atoms with Gasteiger partial charge in [-0.3, -0.25) is 4.79 Å². The smallest absolute Gasteiger partial charge is 0.150 e. The normalized spacial score (nSPS) is 24.7. The summed E-state index contributed by atoms with van der Waals surface area (Å²) in [5.74, 6) is 0. The summed E-state index contributed by atoms with van der Waals surface area (Å²) in [6, 6.07) is 0. The standard InChI is InChI=1S/C8H13NO2/c1-9-4-3-8(11-2)7(5-9)6-10/h5-6,8H,3-4H2,1-2H3. The number of hydrogen-bond donors (Lipinski definition) is 0. The Morgan fingerprint density at radius 2 is 2.55 bits per heavy atom. The van der Waals surface area contributed by atoms with Gasteiger partial charge in [0.2, 0.25) is 0 Å². The number of carbonyl (C=O) groups is 1. The highest BCUT2D eigenvalue weighted by Gasteiger charge is 2.18. The van der Waals surface area contributed by atoms with E-state index in [-0.39, 0.29) is 6.10 Å². The van der Waals surface area contributed by atoms with Crippen LogP contribution in [0.15, 0.2) is 11.8 Å². The topological polar surface area (TPSA) is 29.5 Å². The maximum Gasteiger partial charge on any atom is 0.150 e. The van der Waals surface area contributed by atoms with Crippen molar-refractivity contribution in [2.45, 2.75) is 12.5 Å². The Hall–Kier alpha value is -0.830. The lowest BCUT2D eigenvalue weighted by Gasteiger charge is -2.26. The van der Waals surface area contributed by atoms with Gasteiger partial charge in [-0.2, -0.15) is 0 Å². The van der Waals surface area contributed by atoms with Crippen LogP contribution in [0.25, 0.3) is 0 Å². The van der Waals surface area contributed by atoms with Crippen molar-refractivity contribution < 1.29 is 9.53 Å². The van der Waals surface area contributed by atoms with Gasteiger partial charge in [-0.25, -0.2) is 0 Å². The molecule has 0 saturated heterocycles. The Labute approximate surface area is 66.6 Å². The van der Waals surface area contributed by atoms with E-state index in [0.717, 1.165) is 24.8 Å². The number of aldehydes is 1. The molecule has 0 radical (unpaired) electrons. The molecule has 0 aromatic rings. The first-order valence-corrected chi connectivity index (χ1v) is 3.68. The second-order valence-electron chi connectivity index (χ2n) is 2.74. The molecule has 0 spiro atoms. The first-order valence-electron chi connectivity index (χ1n) is 3.68. The van der Waals surface area contributed by atoms with Gasteiger partial charge in [0, 0.05) is 32.5 Å². The molecule has 1 atom stereocenters. The van der Waals surface area contributed by atoms with Crippen LogP contribution in [0.1, 0.15) is 6.42 Å². The number of rotatable bonds is 2. The molecule has 0 fully saturated rings. The van der Waals surface area contributed by atoms with E-state index >= 15 is 0 Å². The summed E-state index contributed by atoms with van der Waals surface area (Å²) in [5, 5.41) is 0. The molecule has 0 saturated carbocycles. The Morgan fingerprint density at radius 3 is 3.09 bits per heavy atom. The molecular formula is C8H13NO2. The van der Waals surface area contributed by atoms with Crippen molar-refractivity contribution in [3.63, 3.8) is 0 Å². The maximum atomic E-state index is 10.5. The van der Waals surface area contributed by atoms with Gasteiger partial charge in [-0.1, -0.05) is 0 Å². The minimum atomic E-state index is 0.00343. The zero-order chi connectivity index (χ0) is 8.27. The van der Waals surface area contributed by atoms with E-state index in [1.165, 1.54) is 0 Å². The number of methoxy groups -OCH3 is 1. The Balaban J connectivity index is 2.70. The Morgan fingerprint density at radius 1 is 1.82 bits per heavy atom. The molecule has 0 aromatic heterocycles. The fourth-order valence-electron chi connectivity index (χ4n) is 1.25. The molecule has 3 nitrogen and oxygen atoms in total. The van der Waals surface area contributed by atoms with Crippen molar-refractivity contribution in [1.82, 2.24) is 4.90 Å². The molecule has 0 bridgehead atoms. The molecule has 1 aliphatic rings. The second kappa shape index (κ2) is 3.53. The van der Waals surface area contributed by atoms with Crippen LogP contribution >= 0.6 is 0 Å². The van der Waals surface area contributed by atoms with Gasteiger partial charge in [-0.05, 0) is 6.42 Å². The third-order valence-corrected chi connectivity index (χ3v) is 1.91. The van der Waals surface area contributed by atoms with Crippen molar-refractivity contribution in [1.29, 1.82) is 0 Å². The van der Waals surface area contributed by atoms with Gasteiger partial charge < -0.3 is 9.64 Å². The van der Waals surface area contributed by atoms with Gasteiger partial charge in [0.05, 0.1) is 6.10 Å². The number of nitrogens with zero attached hydrogens (tertiary/aromatic N) is 1. The summed E-state index contributed by atoms with van der Waals surface area (Å²) < 4.78 is 5.12. The fraction of sp³-hybridized carbons (Fsp3) is 0.625. The summed E-state index contributed by atoms with van der Waals surface area (Å²) in [4.78, 5) is 12.5. The average Bonchev–Trinajstić information content (AvgIpc) is 2.04. The molecule has 1 heterocycles. The van der Waals surface area contributed by atoms with E-state index in [2.05, 4.69) is 0 Å². The van der Waals surface area contributed by atoms with Crippen molar-refractivity contribution in [3.05, 3.63) is 11.8 Å². The monoisotopic (exact) mass is 155 g/mol. The SMILES string of the molecule is COC1CCN(C)C=C1C=O. The Kier molecular flexibility index (Phi) is 2.65. The molecule has 0 aromatic carbocycles. The second-order valence-corrected chi connectivity index (χ2v) is 2.74. The highest BCUT2D eigenvalue weighted by atomic mass is 16.5. The van der Waals surface area contributed by atoms with E-state index in [1.807, 2.05) is 18.1 Å². The molecule has 1 aliphatic heterocycles. The van der Waals surface area contributed by atoms with Crippen molar-refractivity contribution >= 4 is 6.29 Å². The number of carbonyl (C=O) groups excluding carboxylic acids is 1. The molecule has 62 valence electrons. The van der Waals surface area contributed by atoms with Crippen molar-refractivity contribution in [2.24, 2.45) is 0 Å². The molecule has 0 N–H and O–H groups in total. The van der Waals surface area contributed by atoms with Crippen molar-refractivity contribution in [3.8, 4) is 0 Å². The van der Waals surface area contributed by atoms with E-state index in [9.17, 15) is 4.79 Å². The minimum Gasteiger partial charge on any atom is -0.380 e. The van der Waals surface area contributed by atoms with Gasteiger partial charge in [-0.15, -0.1) is 0 Å². The van der Waals surface area contributed by atoms with Crippen LogP contribution in [0, 0.1) is 0 Å². The van der Waals surface area contributed by atoms with E-state index in [4.69, 9.17) is 4.74 Å². The molecular weight excluding hydrogens is 142 g/mol. The minimum absolute atomic E-state index is 0.00343. The van der Waals surface area contributed by atoms with Gasteiger partial charge in [0.15, 0.2) is 0 Å². The lowest BCUT2D eigenvalue weighted by atomic mass is 10.1. The van der Waals surface area contributed by atoms with Crippen LogP contribution < -0.4 is 0 Å². The average molecular weight is 155 g/mol. The molecule has 11 heavy (non-hydrogen) atoms. The Bertz CT molecular complexity index is 177. The van der Waals surface area contributed by atoms with Crippen LogP contribution in [-0.2, 0) is 9.53 Å². The van der Waals surface area contributed by atoms with Gasteiger partial charge in [0.1, 0.15) is 6.29 Å². The first-order chi connectivity index (χ1) is 5.27. The zero-order valence-electron chi connectivity index (χ0n) is 6.91. The van der Waals surface area contributed by atoms with Crippen molar-refractivity contribution in [2.75, 3.05) is 20.7 Å². The van der Waals surface area contributed by atoms with Crippen LogP contribution in [0.3, 0.4) is 0 Å². The summed E-state index contributed by atoms with van der Waals surface area (Å²) >= 11 is 0. The predicted molar refractivity (Wildman–Crippen MR) is 42.2 cm³/mol. The highest BCUT2D eigenvalue weighted by molar-refractivity contribution is 5.74. The summed E-state index contributed by atoms with van der Waals surface area (Å²) in [5.41, 5.74) is 0.737. The molecule has 0 aliphatic carbocycles. The summed E-state index contributed by atoms with van der Waals surface area (Å²) in [6.45, 7) is 0.954. The summed E-state index contributed by atoms with van der Waals surface area (Å²) in [7, 11) is 3.59. The lowest BCUT2D eigenvalue weighted by molar-refractivity contribution is -0.106. The third-order valence-electron chi connectivity index (χ3n) is 1.91. The fourth-order valence-corrected chi connectivity index (χ4v) is 1.25. The largest absolute Gasteiger partial charge is 0.380 e. The molecule has 0 amide bonds. The molecule has 1 rings (SSSR count). The quantitative estimate of drug-likeness (QED) is 0.541. The van der Waals surface area contributed by atoms with Gasteiger partial charge >= 0.3 is 0 Å². The van der Waals surface area contributed by atoms with Crippen LogP contribution in [-0.4, -0.2) is 38.0 Å². The van der Waals surface area contributed by atoms with E-state index < -0.39 is 0 Å². The van der Waals surface area contributed by atoms with E-state index in [0.29, 0.717) is 0 Å². The predicted octanol–water partition coefficient (Wildman–Crippen LogP) is 0.420. The van der Waals surface area contributed by atoms with Crippen LogP contribution in [0.2, 0.25) is 0 Å².